The van der Waals surface area contributed by atoms with E-state index in [1.165, 1.54) is 0 Å². The molecule has 0 saturated carbocycles. The molecule has 0 saturated heterocycles. The fourth-order valence-corrected chi connectivity index (χ4v) is 2.59. The van der Waals surface area contributed by atoms with Crippen LogP contribution in [0.1, 0.15) is 28.1 Å². The molecule has 0 atom stereocenters. The lowest BCUT2D eigenvalue weighted by Gasteiger charge is -2.08. The number of aryl methyl sites for hydroxylation is 1. The standard InChI is InChI=1S/C20H16N4O/c1-14-20(13-25-19-9-5-17(12-22)6-10-19)15(2)24(23-14)18-7-3-16(11-21)4-8-18/h3-10H,13H2,1-2H3. The molecule has 1 aromatic heterocycles. The Balaban J connectivity index is 1.81. The Morgan fingerprint density at radius 1 is 0.920 bits per heavy atom. The molecule has 0 N–H and O–H groups in total. The normalized spacial score (nSPS) is 10.1. The second-order valence-electron chi connectivity index (χ2n) is 5.64. The SMILES string of the molecule is Cc1nn(-c2ccc(C#N)cc2)c(C)c1COc1ccc(C#N)cc1. The number of hydrogen-bond acceptors (Lipinski definition) is 4. The minimum atomic E-state index is 0.403. The summed E-state index contributed by atoms with van der Waals surface area (Å²) in [7, 11) is 0. The van der Waals surface area contributed by atoms with Crippen LogP contribution in [0.15, 0.2) is 48.5 Å². The molecule has 0 aliphatic rings. The Labute approximate surface area is 146 Å². The molecular formula is C20H16N4O. The van der Waals surface area contributed by atoms with Crippen LogP contribution in [0.25, 0.3) is 5.69 Å². The van der Waals surface area contributed by atoms with Crippen molar-refractivity contribution in [3.8, 4) is 23.6 Å². The number of hydrogen-bond donors (Lipinski definition) is 0. The maximum Gasteiger partial charge on any atom is 0.119 e. The highest BCUT2D eigenvalue weighted by Gasteiger charge is 2.13. The van der Waals surface area contributed by atoms with Crippen molar-refractivity contribution in [1.82, 2.24) is 9.78 Å². The van der Waals surface area contributed by atoms with E-state index in [1.807, 2.05) is 30.7 Å². The average Bonchev–Trinajstić information content (AvgIpc) is 2.94. The molecule has 1 heterocycles. The molecule has 5 nitrogen and oxygen atoms in total. The highest BCUT2D eigenvalue weighted by atomic mass is 16.5. The van der Waals surface area contributed by atoms with Gasteiger partial charge in [0, 0.05) is 11.3 Å². The first-order valence-corrected chi connectivity index (χ1v) is 7.81. The van der Waals surface area contributed by atoms with Gasteiger partial charge in [-0.15, -0.1) is 0 Å². The van der Waals surface area contributed by atoms with Gasteiger partial charge < -0.3 is 4.74 Å². The van der Waals surface area contributed by atoms with Crippen LogP contribution in [0.5, 0.6) is 5.75 Å². The van der Waals surface area contributed by atoms with Gasteiger partial charge in [-0.2, -0.15) is 15.6 Å². The molecule has 25 heavy (non-hydrogen) atoms. The van der Waals surface area contributed by atoms with Crippen molar-refractivity contribution in [1.29, 1.82) is 10.5 Å². The zero-order valence-corrected chi connectivity index (χ0v) is 14.0. The first-order valence-electron chi connectivity index (χ1n) is 7.81. The van der Waals surface area contributed by atoms with Gasteiger partial charge in [-0.1, -0.05) is 0 Å². The predicted molar refractivity (Wildman–Crippen MR) is 93.2 cm³/mol. The van der Waals surface area contributed by atoms with E-state index >= 15 is 0 Å². The van der Waals surface area contributed by atoms with Crippen LogP contribution >= 0.6 is 0 Å². The number of benzene rings is 2. The third-order valence-electron chi connectivity index (χ3n) is 4.05. The molecule has 0 amide bonds. The largest absolute Gasteiger partial charge is 0.489 e. The topological polar surface area (TPSA) is 74.6 Å². The maximum absolute atomic E-state index is 8.91. The summed E-state index contributed by atoms with van der Waals surface area (Å²) in [6.07, 6.45) is 0. The fraction of sp³-hybridized carbons (Fsp3) is 0.150. The third-order valence-corrected chi connectivity index (χ3v) is 4.05. The van der Waals surface area contributed by atoms with Gasteiger partial charge >= 0.3 is 0 Å². The first-order chi connectivity index (χ1) is 12.1. The number of nitriles is 2. The minimum absolute atomic E-state index is 0.403. The summed E-state index contributed by atoms with van der Waals surface area (Å²) in [5.41, 5.74) is 5.05. The van der Waals surface area contributed by atoms with E-state index in [-0.39, 0.29) is 0 Å². The quantitative estimate of drug-likeness (QED) is 0.730. The van der Waals surface area contributed by atoms with Crippen molar-refractivity contribution in [2.75, 3.05) is 0 Å². The second-order valence-corrected chi connectivity index (χ2v) is 5.64. The number of rotatable bonds is 4. The van der Waals surface area contributed by atoms with Crippen molar-refractivity contribution in [2.24, 2.45) is 0 Å². The number of nitrogens with zero attached hydrogens (tertiary/aromatic N) is 4. The van der Waals surface area contributed by atoms with Crippen molar-refractivity contribution in [2.45, 2.75) is 20.5 Å². The summed E-state index contributed by atoms with van der Waals surface area (Å²) in [5, 5.41) is 22.3. The predicted octanol–water partition coefficient (Wildman–Crippen LogP) is 3.81. The molecule has 0 bridgehead atoms. The van der Waals surface area contributed by atoms with E-state index in [0.29, 0.717) is 23.5 Å². The Bertz CT molecular complexity index is 971. The van der Waals surface area contributed by atoms with Crippen LogP contribution in [0, 0.1) is 36.5 Å². The van der Waals surface area contributed by atoms with Crippen LogP contribution in [0.3, 0.4) is 0 Å². The lowest BCUT2D eigenvalue weighted by atomic mass is 10.2. The minimum Gasteiger partial charge on any atom is -0.489 e. The van der Waals surface area contributed by atoms with Crippen molar-refractivity contribution < 1.29 is 4.74 Å². The van der Waals surface area contributed by atoms with E-state index in [0.717, 1.165) is 22.6 Å². The first kappa shape index (κ1) is 16.3. The van der Waals surface area contributed by atoms with Crippen LogP contribution in [0.4, 0.5) is 0 Å². The lowest BCUT2D eigenvalue weighted by molar-refractivity contribution is 0.304. The van der Waals surface area contributed by atoms with Crippen molar-refractivity contribution >= 4 is 0 Å². The highest BCUT2D eigenvalue weighted by molar-refractivity contribution is 5.42. The average molecular weight is 328 g/mol. The van der Waals surface area contributed by atoms with E-state index in [9.17, 15) is 0 Å². The van der Waals surface area contributed by atoms with Crippen LogP contribution in [0.2, 0.25) is 0 Å². The lowest BCUT2D eigenvalue weighted by Crippen LogP contribution is -2.01. The van der Waals surface area contributed by atoms with Gasteiger partial charge in [0.25, 0.3) is 0 Å². The van der Waals surface area contributed by atoms with Gasteiger partial charge in [0.05, 0.1) is 34.6 Å². The molecule has 3 aromatic rings. The van der Waals surface area contributed by atoms with Gasteiger partial charge in [-0.05, 0) is 62.4 Å². The molecule has 0 radical (unpaired) electrons. The van der Waals surface area contributed by atoms with Crippen LogP contribution < -0.4 is 4.74 Å². The van der Waals surface area contributed by atoms with Gasteiger partial charge in [-0.25, -0.2) is 4.68 Å². The van der Waals surface area contributed by atoms with E-state index in [4.69, 9.17) is 15.3 Å². The molecule has 2 aromatic carbocycles. The van der Waals surface area contributed by atoms with Gasteiger partial charge in [0.1, 0.15) is 12.4 Å². The molecule has 0 spiro atoms. The monoisotopic (exact) mass is 328 g/mol. The Morgan fingerprint density at radius 2 is 1.48 bits per heavy atom. The van der Waals surface area contributed by atoms with Crippen LogP contribution in [-0.4, -0.2) is 9.78 Å². The van der Waals surface area contributed by atoms with Gasteiger partial charge in [0.2, 0.25) is 0 Å². The van der Waals surface area contributed by atoms with Gasteiger partial charge in [-0.3, -0.25) is 0 Å². The number of aromatic nitrogens is 2. The zero-order valence-electron chi connectivity index (χ0n) is 14.0. The zero-order chi connectivity index (χ0) is 17.8. The van der Waals surface area contributed by atoms with Crippen LogP contribution in [-0.2, 0) is 6.61 Å². The molecule has 0 aliphatic heterocycles. The summed E-state index contributed by atoms with van der Waals surface area (Å²) in [6, 6.07) is 18.5. The number of ether oxygens (including phenoxy) is 1. The Hall–Kier alpha value is -3.57. The Kier molecular flexibility index (Phi) is 4.50. The smallest absolute Gasteiger partial charge is 0.119 e. The summed E-state index contributed by atoms with van der Waals surface area (Å²) in [5.74, 6) is 0.712. The molecule has 122 valence electrons. The summed E-state index contributed by atoms with van der Waals surface area (Å²) in [6.45, 7) is 4.35. The summed E-state index contributed by atoms with van der Waals surface area (Å²) in [4.78, 5) is 0. The molecular weight excluding hydrogens is 312 g/mol. The van der Waals surface area contributed by atoms with E-state index in [1.54, 1.807) is 36.4 Å². The summed E-state index contributed by atoms with van der Waals surface area (Å²) < 4.78 is 7.69. The highest BCUT2D eigenvalue weighted by Crippen LogP contribution is 2.21. The maximum atomic E-state index is 8.91. The molecule has 5 heteroatoms. The molecule has 0 unspecified atom stereocenters. The molecule has 0 aliphatic carbocycles. The van der Waals surface area contributed by atoms with Gasteiger partial charge in [0.15, 0.2) is 0 Å². The Morgan fingerprint density at radius 3 is 2.04 bits per heavy atom. The second kappa shape index (κ2) is 6.90. The summed E-state index contributed by atoms with van der Waals surface area (Å²) >= 11 is 0. The molecule has 3 rings (SSSR count). The third kappa shape index (κ3) is 3.36. The van der Waals surface area contributed by atoms with E-state index < -0.39 is 0 Å². The van der Waals surface area contributed by atoms with E-state index in [2.05, 4.69) is 17.2 Å². The van der Waals surface area contributed by atoms with Crippen molar-refractivity contribution in [3.05, 3.63) is 76.6 Å². The van der Waals surface area contributed by atoms with Crippen molar-refractivity contribution in [3.63, 3.8) is 0 Å². The fourth-order valence-electron chi connectivity index (χ4n) is 2.59. The molecule has 0 fully saturated rings.